The van der Waals surface area contributed by atoms with Crippen molar-refractivity contribution in [3.63, 3.8) is 0 Å². The van der Waals surface area contributed by atoms with Gasteiger partial charge in [0.15, 0.2) is 0 Å². The first kappa shape index (κ1) is 23.6. The van der Waals surface area contributed by atoms with Crippen LogP contribution in [0.4, 0.5) is 4.39 Å². The van der Waals surface area contributed by atoms with E-state index in [1.54, 1.807) is 4.90 Å². The van der Waals surface area contributed by atoms with Gasteiger partial charge in [-0.25, -0.2) is 4.39 Å². The number of carbonyl (C=O) groups excluding carboxylic acids is 3. The Kier molecular flexibility index (Phi) is 7.77. The van der Waals surface area contributed by atoms with Gasteiger partial charge in [-0.05, 0) is 32.9 Å². The van der Waals surface area contributed by atoms with E-state index in [0.717, 1.165) is 6.07 Å². The normalized spacial score (nSPS) is 14.9. The number of halogens is 1. The van der Waals surface area contributed by atoms with Gasteiger partial charge in [-0.2, -0.15) is 0 Å². The predicted molar refractivity (Wildman–Crippen MR) is 111 cm³/mol. The largest absolute Gasteiger partial charge is 0.497 e. The van der Waals surface area contributed by atoms with Crippen LogP contribution in [0.5, 0.6) is 5.75 Å². The van der Waals surface area contributed by atoms with Crippen molar-refractivity contribution in [2.75, 3.05) is 53.4 Å². The van der Waals surface area contributed by atoms with Gasteiger partial charge in [-0.15, -0.1) is 0 Å². The van der Waals surface area contributed by atoms with Crippen LogP contribution in [0.1, 0.15) is 31.1 Å². The maximum atomic E-state index is 14.1. The summed E-state index contributed by atoms with van der Waals surface area (Å²) in [6.07, 6.45) is 0. The second-order valence-corrected chi connectivity index (χ2v) is 8.46. The fourth-order valence-corrected chi connectivity index (χ4v) is 3.19. The van der Waals surface area contributed by atoms with E-state index < -0.39 is 11.7 Å². The molecule has 0 unspecified atom stereocenters. The van der Waals surface area contributed by atoms with Gasteiger partial charge in [0.05, 0.1) is 25.8 Å². The Bertz CT molecular complexity index is 786. The fraction of sp³-hybridized carbons (Fsp3) is 0.571. The highest BCUT2D eigenvalue weighted by Gasteiger charge is 2.26. The van der Waals surface area contributed by atoms with Crippen molar-refractivity contribution in [2.45, 2.75) is 26.3 Å². The zero-order valence-electron chi connectivity index (χ0n) is 18.3. The number of nitrogens with zero attached hydrogens (tertiary/aromatic N) is 3. The summed E-state index contributed by atoms with van der Waals surface area (Å²) in [5.41, 5.74) is -0.393. The summed E-state index contributed by atoms with van der Waals surface area (Å²) in [7, 11) is 2.88. The number of amides is 3. The number of hydrogen-bond acceptors (Lipinski definition) is 5. The number of benzene rings is 1. The van der Waals surface area contributed by atoms with Gasteiger partial charge in [0.1, 0.15) is 11.6 Å². The topological polar surface area (TPSA) is 82.2 Å². The molecule has 1 N–H and O–H groups in total. The highest BCUT2D eigenvalue weighted by molar-refractivity contribution is 5.96. The molecule has 2 rings (SSSR count). The molecule has 166 valence electrons. The minimum Gasteiger partial charge on any atom is -0.497 e. The van der Waals surface area contributed by atoms with Crippen molar-refractivity contribution < 1.29 is 23.5 Å². The summed E-state index contributed by atoms with van der Waals surface area (Å²) in [6.45, 7) is 8.03. The van der Waals surface area contributed by atoms with E-state index in [2.05, 4.69) is 5.32 Å². The number of ether oxygens (including phenoxy) is 1. The van der Waals surface area contributed by atoms with E-state index in [1.165, 1.54) is 31.2 Å². The Morgan fingerprint density at radius 2 is 1.80 bits per heavy atom. The van der Waals surface area contributed by atoms with E-state index in [1.807, 2.05) is 25.7 Å². The fourth-order valence-electron chi connectivity index (χ4n) is 3.19. The molecular weight excluding hydrogens is 391 g/mol. The maximum absolute atomic E-state index is 14.1. The van der Waals surface area contributed by atoms with E-state index in [-0.39, 0.29) is 36.0 Å². The lowest BCUT2D eigenvalue weighted by Gasteiger charge is -2.35. The van der Waals surface area contributed by atoms with Gasteiger partial charge in [0.2, 0.25) is 11.8 Å². The summed E-state index contributed by atoms with van der Waals surface area (Å²) in [4.78, 5) is 42.0. The molecule has 1 aromatic carbocycles. The van der Waals surface area contributed by atoms with Crippen molar-refractivity contribution in [3.8, 4) is 5.75 Å². The molecule has 0 bridgehead atoms. The van der Waals surface area contributed by atoms with Crippen molar-refractivity contribution in [1.29, 1.82) is 0 Å². The third-order valence-electron chi connectivity index (χ3n) is 4.73. The molecule has 1 heterocycles. The molecule has 30 heavy (non-hydrogen) atoms. The molecule has 0 saturated carbocycles. The summed E-state index contributed by atoms with van der Waals surface area (Å²) < 4.78 is 19.1. The van der Waals surface area contributed by atoms with Crippen molar-refractivity contribution in [3.05, 3.63) is 29.6 Å². The van der Waals surface area contributed by atoms with Gasteiger partial charge in [0.25, 0.3) is 5.91 Å². The Balaban J connectivity index is 1.84. The van der Waals surface area contributed by atoms with Crippen molar-refractivity contribution >= 4 is 17.7 Å². The quantitative estimate of drug-likeness (QED) is 0.739. The maximum Gasteiger partial charge on any atom is 0.257 e. The Morgan fingerprint density at radius 3 is 2.33 bits per heavy atom. The van der Waals surface area contributed by atoms with Crippen molar-refractivity contribution in [2.24, 2.45) is 0 Å². The molecule has 0 aliphatic carbocycles. The molecule has 0 aromatic heterocycles. The summed E-state index contributed by atoms with van der Waals surface area (Å²) in [5.74, 6) is -1.20. The molecule has 1 fully saturated rings. The smallest absolute Gasteiger partial charge is 0.257 e. The molecule has 1 aliphatic heterocycles. The number of carbonyl (C=O) groups is 3. The van der Waals surface area contributed by atoms with Crippen LogP contribution in [0, 0.1) is 5.82 Å². The standard InChI is InChI=1S/C21H31FN4O4/c1-21(2,3)23-18(27)13-25-8-10-26(11-9-25)19(28)14-24(4)20(29)16-7-6-15(30-5)12-17(16)22/h6-7,12H,8-11,13-14H2,1-5H3,(H,23,27). The molecular formula is C21H31FN4O4. The SMILES string of the molecule is COc1ccc(C(=O)N(C)CC(=O)N2CCN(CC(=O)NC(C)(C)C)CC2)c(F)c1. The van der Waals surface area contributed by atoms with Gasteiger partial charge in [-0.1, -0.05) is 0 Å². The zero-order chi connectivity index (χ0) is 22.5. The first-order valence-corrected chi connectivity index (χ1v) is 9.90. The number of nitrogens with one attached hydrogen (secondary N) is 1. The minimum absolute atomic E-state index is 0.0471. The van der Waals surface area contributed by atoms with Crippen LogP contribution in [0.2, 0.25) is 0 Å². The number of hydrogen-bond donors (Lipinski definition) is 1. The van der Waals surface area contributed by atoms with E-state index in [4.69, 9.17) is 4.74 Å². The van der Waals surface area contributed by atoms with Gasteiger partial charge in [0, 0.05) is 44.8 Å². The van der Waals surface area contributed by atoms with E-state index >= 15 is 0 Å². The number of piperazine rings is 1. The van der Waals surface area contributed by atoms with Crippen LogP contribution in [-0.4, -0.2) is 91.4 Å². The Labute approximate surface area is 176 Å². The molecule has 1 saturated heterocycles. The first-order chi connectivity index (χ1) is 14.0. The molecule has 0 radical (unpaired) electrons. The molecule has 3 amide bonds. The van der Waals surface area contributed by atoms with Crippen LogP contribution in [0.25, 0.3) is 0 Å². The predicted octanol–water partition coefficient (Wildman–Crippen LogP) is 0.965. The second kappa shape index (κ2) is 9.88. The van der Waals surface area contributed by atoms with E-state index in [0.29, 0.717) is 31.9 Å². The third-order valence-corrected chi connectivity index (χ3v) is 4.73. The number of likely N-dealkylation sites (N-methyl/N-ethyl adjacent to an activating group) is 1. The minimum atomic E-state index is -0.694. The lowest BCUT2D eigenvalue weighted by molar-refractivity contribution is -0.133. The first-order valence-electron chi connectivity index (χ1n) is 9.90. The molecule has 9 heteroatoms. The van der Waals surface area contributed by atoms with Crippen LogP contribution in [-0.2, 0) is 9.59 Å². The monoisotopic (exact) mass is 422 g/mol. The lowest BCUT2D eigenvalue weighted by atomic mass is 10.1. The van der Waals surface area contributed by atoms with Crippen LogP contribution < -0.4 is 10.1 Å². The summed E-state index contributed by atoms with van der Waals surface area (Å²) >= 11 is 0. The number of rotatable bonds is 6. The van der Waals surface area contributed by atoms with E-state index in [9.17, 15) is 18.8 Å². The second-order valence-electron chi connectivity index (χ2n) is 8.46. The highest BCUT2D eigenvalue weighted by Crippen LogP contribution is 2.17. The zero-order valence-corrected chi connectivity index (χ0v) is 18.3. The average Bonchev–Trinajstić information content (AvgIpc) is 2.66. The highest BCUT2D eigenvalue weighted by atomic mass is 19.1. The van der Waals surface area contributed by atoms with Crippen LogP contribution >= 0.6 is 0 Å². The molecule has 0 atom stereocenters. The van der Waals surface area contributed by atoms with Gasteiger partial charge >= 0.3 is 0 Å². The number of methoxy groups -OCH3 is 1. The van der Waals surface area contributed by atoms with Crippen molar-refractivity contribution in [1.82, 2.24) is 20.0 Å². The Hall–Kier alpha value is -2.68. The molecule has 8 nitrogen and oxygen atoms in total. The summed E-state index contributed by atoms with van der Waals surface area (Å²) in [5, 5.41) is 2.92. The lowest BCUT2D eigenvalue weighted by Crippen LogP contribution is -2.54. The molecule has 1 aliphatic rings. The molecule has 0 spiro atoms. The van der Waals surface area contributed by atoms with Gasteiger partial charge in [-0.3, -0.25) is 19.3 Å². The van der Waals surface area contributed by atoms with Crippen LogP contribution in [0.3, 0.4) is 0 Å². The third kappa shape index (κ3) is 6.69. The Morgan fingerprint density at radius 1 is 1.17 bits per heavy atom. The van der Waals surface area contributed by atoms with Gasteiger partial charge < -0.3 is 19.9 Å². The summed E-state index contributed by atoms with van der Waals surface area (Å²) in [6, 6.07) is 3.98. The average molecular weight is 423 g/mol. The van der Waals surface area contributed by atoms with Crippen LogP contribution in [0.15, 0.2) is 18.2 Å². The molecule has 1 aromatic rings.